The second-order valence-electron chi connectivity index (χ2n) is 8.46. The van der Waals surface area contributed by atoms with Crippen LogP contribution in [0.2, 0.25) is 0 Å². The number of halogens is 3. The number of anilines is 1. The van der Waals surface area contributed by atoms with Gasteiger partial charge in [-0.25, -0.2) is 15.0 Å². The molecule has 0 aliphatic carbocycles. The number of rotatable bonds is 3. The summed E-state index contributed by atoms with van der Waals surface area (Å²) in [6.45, 7) is 5.71. The topological polar surface area (TPSA) is 64.1 Å². The normalized spacial score (nSPS) is 14.6. The van der Waals surface area contributed by atoms with Crippen molar-refractivity contribution in [3.05, 3.63) is 76.7 Å². The Morgan fingerprint density at radius 3 is 2.74 bits per heavy atom. The maximum atomic E-state index is 13.3. The zero-order chi connectivity index (χ0) is 24.0. The molecule has 0 atom stereocenters. The Morgan fingerprint density at radius 1 is 1.12 bits per heavy atom. The van der Waals surface area contributed by atoms with Gasteiger partial charge in [0, 0.05) is 37.9 Å². The van der Waals surface area contributed by atoms with Crippen LogP contribution in [-0.2, 0) is 32.9 Å². The molecular weight excluding hydrogens is 443 g/mol. The fraction of sp³-hybridized carbons (Fsp3) is 0.333. The van der Waals surface area contributed by atoms with Crippen molar-refractivity contribution in [3.8, 4) is 0 Å². The van der Waals surface area contributed by atoms with Gasteiger partial charge in [-0.3, -0.25) is 4.99 Å². The minimum Gasteiger partial charge on any atom is -0.347 e. The summed E-state index contributed by atoms with van der Waals surface area (Å²) in [6.07, 6.45) is 1.17. The van der Waals surface area contributed by atoms with E-state index >= 15 is 0 Å². The molecule has 0 unspecified atom stereocenters. The number of nitrogens with zero attached hydrogens (tertiary/aromatic N) is 7. The first kappa shape index (κ1) is 22.1. The predicted molar refractivity (Wildman–Crippen MR) is 122 cm³/mol. The Labute approximate surface area is 194 Å². The third-order valence-corrected chi connectivity index (χ3v) is 6.44. The summed E-state index contributed by atoms with van der Waals surface area (Å²) in [5.74, 6) is 2.51. The second-order valence-corrected chi connectivity index (χ2v) is 8.46. The second kappa shape index (κ2) is 8.27. The zero-order valence-electron chi connectivity index (χ0n) is 19.1. The van der Waals surface area contributed by atoms with E-state index in [1.807, 2.05) is 30.8 Å². The Kier molecular flexibility index (Phi) is 5.38. The lowest BCUT2D eigenvalue weighted by molar-refractivity contribution is -0.138. The first-order valence-corrected chi connectivity index (χ1v) is 11.0. The van der Waals surface area contributed by atoms with Gasteiger partial charge in [-0.1, -0.05) is 12.1 Å². The predicted octanol–water partition coefficient (Wildman–Crippen LogP) is 3.92. The number of aromatic nitrogens is 5. The zero-order valence-corrected chi connectivity index (χ0v) is 19.1. The monoisotopic (exact) mass is 467 g/mol. The van der Waals surface area contributed by atoms with Crippen molar-refractivity contribution in [2.75, 3.05) is 11.4 Å². The highest BCUT2D eigenvalue weighted by Crippen LogP contribution is 2.33. The van der Waals surface area contributed by atoms with Crippen molar-refractivity contribution in [1.29, 1.82) is 0 Å². The average molecular weight is 467 g/mol. The Bertz CT molecular complexity index is 1450. The summed E-state index contributed by atoms with van der Waals surface area (Å²) >= 11 is 0. The van der Waals surface area contributed by atoms with E-state index in [-0.39, 0.29) is 12.1 Å². The van der Waals surface area contributed by atoms with Gasteiger partial charge in [0.15, 0.2) is 5.49 Å². The molecule has 7 nitrogen and oxygen atoms in total. The standard InChI is InChI=1S/C24H24F3N7/c1-15-17(5-4-6-19(15)24(25,26)27)12-30-23-18-11-21(29-13-20(18)32(3)16(2)31-23)34-10-9-33-8-7-28-22(33)14-34/h4-8,11,13H,9-10,12,14H2,1-3H3. The van der Waals surface area contributed by atoms with E-state index in [9.17, 15) is 13.2 Å². The fourth-order valence-corrected chi connectivity index (χ4v) is 4.33. The van der Waals surface area contributed by atoms with Crippen LogP contribution in [-0.4, -0.2) is 30.6 Å². The van der Waals surface area contributed by atoms with Gasteiger partial charge in [0.25, 0.3) is 0 Å². The van der Waals surface area contributed by atoms with Crippen LogP contribution in [0, 0.1) is 13.8 Å². The minimum absolute atomic E-state index is 0.101. The van der Waals surface area contributed by atoms with Crippen LogP contribution in [0.15, 0.2) is 47.8 Å². The van der Waals surface area contributed by atoms with Crippen LogP contribution in [0.4, 0.5) is 19.0 Å². The lowest BCUT2D eigenvalue weighted by atomic mass is 10.0. The lowest BCUT2D eigenvalue weighted by Crippen LogP contribution is -2.34. The molecule has 4 aromatic rings. The molecule has 0 bridgehead atoms. The molecular formula is C24H24F3N7. The number of hydrogen-bond acceptors (Lipinski definition) is 5. The van der Waals surface area contributed by atoms with Crippen molar-refractivity contribution in [2.45, 2.75) is 39.7 Å². The highest BCUT2D eigenvalue weighted by atomic mass is 19.4. The summed E-state index contributed by atoms with van der Waals surface area (Å²) in [4.78, 5) is 20.5. The summed E-state index contributed by atoms with van der Waals surface area (Å²) in [7, 11) is 1.91. The Morgan fingerprint density at radius 2 is 1.94 bits per heavy atom. The van der Waals surface area contributed by atoms with Gasteiger partial charge in [-0.15, -0.1) is 0 Å². The summed E-state index contributed by atoms with van der Waals surface area (Å²) in [6, 6.07) is 6.15. The van der Waals surface area contributed by atoms with Crippen molar-refractivity contribution in [1.82, 2.24) is 24.1 Å². The fourth-order valence-electron chi connectivity index (χ4n) is 4.33. The molecule has 1 aliphatic heterocycles. The summed E-state index contributed by atoms with van der Waals surface area (Å²) in [5.41, 5.74) is 1.42. The number of fused-ring (bicyclic) bond motifs is 2. The van der Waals surface area contributed by atoms with Crippen molar-refractivity contribution in [2.24, 2.45) is 12.0 Å². The smallest absolute Gasteiger partial charge is 0.347 e. The molecule has 1 aromatic carbocycles. The quantitative estimate of drug-likeness (QED) is 0.458. The molecule has 1 aliphatic rings. The molecule has 0 saturated carbocycles. The van der Waals surface area contributed by atoms with Crippen LogP contribution in [0.1, 0.15) is 28.3 Å². The molecule has 0 saturated heterocycles. The van der Waals surface area contributed by atoms with Gasteiger partial charge < -0.3 is 14.0 Å². The molecule has 0 amide bonds. The third-order valence-electron chi connectivity index (χ3n) is 6.44. The lowest BCUT2D eigenvalue weighted by Gasteiger charge is -2.28. The molecule has 5 rings (SSSR count). The summed E-state index contributed by atoms with van der Waals surface area (Å²) < 4.78 is 44.0. The van der Waals surface area contributed by atoms with Gasteiger partial charge >= 0.3 is 6.18 Å². The van der Waals surface area contributed by atoms with Crippen molar-refractivity contribution >= 4 is 16.7 Å². The molecule has 0 N–H and O–H groups in total. The van der Waals surface area contributed by atoms with Crippen molar-refractivity contribution < 1.29 is 13.2 Å². The molecule has 4 heterocycles. The number of alkyl halides is 3. The number of imidazole rings is 1. The molecule has 0 fully saturated rings. The maximum Gasteiger partial charge on any atom is 0.416 e. The highest BCUT2D eigenvalue weighted by Gasteiger charge is 2.32. The van der Waals surface area contributed by atoms with Crippen LogP contribution in [0.25, 0.3) is 10.9 Å². The van der Waals surface area contributed by atoms with E-state index < -0.39 is 11.7 Å². The molecule has 34 heavy (non-hydrogen) atoms. The van der Waals surface area contributed by atoms with Crippen LogP contribution in [0.3, 0.4) is 0 Å². The van der Waals surface area contributed by atoms with Crippen LogP contribution >= 0.6 is 0 Å². The van der Waals surface area contributed by atoms with Crippen LogP contribution in [0.5, 0.6) is 0 Å². The van der Waals surface area contributed by atoms with Crippen molar-refractivity contribution in [3.63, 3.8) is 0 Å². The Balaban J connectivity index is 1.57. The van der Waals surface area contributed by atoms with E-state index in [0.717, 1.165) is 47.5 Å². The van der Waals surface area contributed by atoms with E-state index in [2.05, 4.69) is 29.4 Å². The van der Waals surface area contributed by atoms with E-state index in [4.69, 9.17) is 0 Å². The van der Waals surface area contributed by atoms with Gasteiger partial charge in [-0.2, -0.15) is 13.2 Å². The SMILES string of the molecule is Cc1c(CN=c2nc(C)n(C)c3cnc(N4CCn5ccnc5C4)cc23)cccc1C(F)(F)F. The maximum absolute atomic E-state index is 13.3. The first-order valence-electron chi connectivity index (χ1n) is 11.0. The van der Waals surface area contributed by atoms with E-state index in [1.54, 1.807) is 18.5 Å². The molecule has 3 aromatic heterocycles. The van der Waals surface area contributed by atoms with E-state index in [0.29, 0.717) is 17.6 Å². The minimum atomic E-state index is -4.40. The van der Waals surface area contributed by atoms with Gasteiger partial charge in [0.2, 0.25) is 0 Å². The summed E-state index contributed by atoms with van der Waals surface area (Å²) in [5, 5.41) is 0.802. The average Bonchev–Trinajstić information content (AvgIpc) is 3.28. The molecule has 176 valence electrons. The molecule has 10 heteroatoms. The Hall–Kier alpha value is -3.69. The molecule has 0 radical (unpaired) electrons. The van der Waals surface area contributed by atoms with Gasteiger partial charge in [0.05, 0.1) is 30.4 Å². The highest BCUT2D eigenvalue weighted by molar-refractivity contribution is 5.80. The first-order chi connectivity index (χ1) is 16.2. The number of benzene rings is 1. The number of pyridine rings is 1. The van der Waals surface area contributed by atoms with Gasteiger partial charge in [-0.05, 0) is 37.1 Å². The van der Waals surface area contributed by atoms with Gasteiger partial charge in [0.1, 0.15) is 17.5 Å². The van der Waals surface area contributed by atoms with Crippen LogP contribution < -0.4 is 10.4 Å². The third kappa shape index (κ3) is 3.93. The largest absolute Gasteiger partial charge is 0.416 e. The van der Waals surface area contributed by atoms with E-state index in [1.165, 1.54) is 13.0 Å². The molecule has 0 spiro atoms. The number of hydrogen-bond donors (Lipinski definition) is 0. The number of aryl methyl sites for hydroxylation is 2.